The van der Waals surface area contributed by atoms with Crippen molar-refractivity contribution in [3.8, 4) is 6.07 Å². The summed E-state index contributed by atoms with van der Waals surface area (Å²) in [5.41, 5.74) is 0.268. The lowest BCUT2D eigenvalue weighted by molar-refractivity contribution is 0.885. The molecule has 2 N–H and O–H groups in total. The fraction of sp³-hybridized carbons (Fsp3) is 0.444. The SMILES string of the molecule is CNc1nc(Cl)c(C#N)c(NC(C)C)n1. The van der Waals surface area contributed by atoms with E-state index >= 15 is 0 Å². The van der Waals surface area contributed by atoms with Crippen molar-refractivity contribution in [2.45, 2.75) is 19.9 Å². The van der Waals surface area contributed by atoms with Crippen molar-refractivity contribution in [1.82, 2.24) is 9.97 Å². The summed E-state index contributed by atoms with van der Waals surface area (Å²) in [6.45, 7) is 3.91. The van der Waals surface area contributed by atoms with Gasteiger partial charge in [-0.3, -0.25) is 0 Å². The van der Waals surface area contributed by atoms with Crippen LogP contribution in [0.5, 0.6) is 0 Å². The second-order valence-corrected chi connectivity index (χ2v) is 3.58. The van der Waals surface area contributed by atoms with Crippen LogP contribution in [0.25, 0.3) is 0 Å². The number of rotatable bonds is 3. The summed E-state index contributed by atoms with van der Waals surface area (Å²) in [7, 11) is 1.69. The first-order valence-corrected chi connectivity index (χ1v) is 4.88. The second kappa shape index (κ2) is 4.80. The van der Waals surface area contributed by atoms with E-state index in [-0.39, 0.29) is 16.8 Å². The van der Waals surface area contributed by atoms with E-state index < -0.39 is 0 Å². The molecule has 0 aromatic carbocycles. The van der Waals surface area contributed by atoms with Crippen molar-refractivity contribution < 1.29 is 0 Å². The van der Waals surface area contributed by atoms with Crippen molar-refractivity contribution in [2.24, 2.45) is 0 Å². The van der Waals surface area contributed by atoms with Gasteiger partial charge in [-0.15, -0.1) is 0 Å². The minimum absolute atomic E-state index is 0.153. The van der Waals surface area contributed by atoms with Crippen LogP contribution in [-0.2, 0) is 0 Å². The second-order valence-electron chi connectivity index (χ2n) is 3.22. The first kappa shape index (κ1) is 11.5. The summed E-state index contributed by atoms with van der Waals surface area (Å²) in [6, 6.07) is 2.15. The van der Waals surface area contributed by atoms with E-state index in [9.17, 15) is 0 Å². The summed E-state index contributed by atoms with van der Waals surface area (Å²) in [5.74, 6) is 0.846. The van der Waals surface area contributed by atoms with Crippen LogP contribution in [0.3, 0.4) is 0 Å². The van der Waals surface area contributed by atoms with Crippen LogP contribution < -0.4 is 10.6 Å². The van der Waals surface area contributed by atoms with E-state index in [1.165, 1.54) is 0 Å². The van der Waals surface area contributed by atoms with Crippen LogP contribution in [0, 0.1) is 11.3 Å². The topological polar surface area (TPSA) is 73.6 Å². The van der Waals surface area contributed by atoms with Gasteiger partial charge in [0.05, 0.1) is 0 Å². The van der Waals surface area contributed by atoms with Crippen molar-refractivity contribution in [3.63, 3.8) is 0 Å². The molecule has 0 bridgehead atoms. The van der Waals surface area contributed by atoms with Gasteiger partial charge in [-0.25, -0.2) is 0 Å². The number of anilines is 2. The Labute approximate surface area is 93.5 Å². The minimum Gasteiger partial charge on any atom is -0.367 e. The highest BCUT2D eigenvalue weighted by atomic mass is 35.5. The predicted octanol–water partition coefficient (Wildman–Crippen LogP) is 1.86. The highest BCUT2D eigenvalue weighted by Crippen LogP contribution is 2.22. The Bertz CT molecular complexity index is 396. The molecule has 1 heterocycles. The standard InChI is InChI=1S/C9H12ClN5/c1-5(2)13-8-6(4-11)7(10)14-9(12-3)15-8/h5H,1-3H3,(H2,12,13,14,15). The number of hydrogen-bond donors (Lipinski definition) is 2. The normalized spacial score (nSPS) is 9.87. The monoisotopic (exact) mass is 225 g/mol. The molecule has 0 aliphatic heterocycles. The molecule has 0 saturated heterocycles. The first-order chi connectivity index (χ1) is 7.08. The molecule has 0 amide bonds. The average molecular weight is 226 g/mol. The Morgan fingerprint density at radius 3 is 2.53 bits per heavy atom. The fourth-order valence-electron chi connectivity index (χ4n) is 1.02. The van der Waals surface area contributed by atoms with E-state index in [0.717, 1.165) is 0 Å². The third-order valence-electron chi connectivity index (χ3n) is 1.63. The molecule has 80 valence electrons. The van der Waals surface area contributed by atoms with E-state index in [0.29, 0.717) is 11.8 Å². The van der Waals surface area contributed by atoms with Crippen LogP contribution in [-0.4, -0.2) is 23.1 Å². The lowest BCUT2D eigenvalue weighted by Gasteiger charge is -2.12. The molecule has 5 nitrogen and oxygen atoms in total. The molecule has 15 heavy (non-hydrogen) atoms. The third-order valence-corrected chi connectivity index (χ3v) is 1.90. The van der Waals surface area contributed by atoms with Gasteiger partial charge in [0.25, 0.3) is 0 Å². The van der Waals surface area contributed by atoms with E-state index in [1.54, 1.807) is 7.05 Å². The Hall–Kier alpha value is -1.54. The van der Waals surface area contributed by atoms with Gasteiger partial charge in [-0.05, 0) is 13.8 Å². The fourth-order valence-corrected chi connectivity index (χ4v) is 1.23. The van der Waals surface area contributed by atoms with Gasteiger partial charge in [0, 0.05) is 13.1 Å². The van der Waals surface area contributed by atoms with Crippen LogP contribution in [0.4, 0.5) is 11.8 Å². The number of nitrogens with zero attached hydrogens (tertiary/aromatic N) is 3. The summed E-state index contributed by atoms with van der Waals surface area (Å²) < 4.78 is 0. The molecule has 0 atom stereocenters. The first-order valence-electron chi connectivity index (χ1n) is 4.50. The van der Waals surface area contributed by atoms with Crippen LogP contribution in [0.1, 0.15) is 19.4 Å². The summed E-state index contributed by atoms with van der Waals surface area (Å²) in [6.07, 6.45) is 0. The molecule has 0 spiro atoms. The van der Waals surface area contributed by atoms with Crippen molar-refractivity contribution >= 4 is 23.4 Å². The van der Waals surface area contributed by atoms with Gasteiger partial charge in [-0.1, -0.05) is 11.6 Å². The van der Waals surface area contributed by atoms with Crippen molar-refractivity contribution in [3.05, 3.63) is 10.7 Å². The number of halogens is 1. The summed E-state index contributed by atoms with van der Waals surface area (Å²) >= 11 is 5.84. The van der Waals surface area contributed by atoms with Gasteiger partial charge < -0.3 is 10.6 Å². The van der Waals surface area contributed by atoms with E-state index in [4.69, 9.17) is 16.9 Å². The van der Waals surface area contributed by atoms with Crippen LogP contribution in [0.15, 0.2) is 0 Å². The smallest absolute Gasteiger partial charge is 0.225 e. The largest absolute Gasteiger partial charge is 0.367 e. The number of nitriles is 1. The average Bonchev–Trinajstić information content (AvgIpc) is 2.16. The number of hydrogen-bond acceptors (Lipinski definition) is 5. The molecule has 0 aliphatic rings. The van der Waals surface area contributed by atoms with Gasteiger partial charge in [0.1, 0.15) is 11.6 Å². The zero-order chi connectivity index (χ0) is 11.4. The molecular formula is C9H12ClN5. The van der Waals surface area contributed by atoms with Gasteiger partial charge in [0.15, 0.2) is 11.0 Å². The maximum atomic E-state index is 8.90. The molecule has 1 aromatic heterocycles. The quantitative estimate of drug-likeness (QED) is 0.769. The molecule has 1 rings (SSSR count). The molecule has 6 heteroatoms. The lowest BCUT2D eigenvalue weighted by Crippen LogP contribution is -2.14. The summed E-state index contributed by atoms with van der Waals surface area (Å²) in [5, 5.41) is 14.9. The van der Waals surface area contributed by atoms with Gasteiger partial charge in [-0.2, -0.15) is 15.2 Å². The maximum absolute atomic E-state index is 8.90. The molecule has 0 aliphatic carbocycles. The maximum Gasteiger partial charge on any atom is 0.225 e. The Morgan fingerprint density at radius 2 is 2.07 bits per heavy atom. The van der Waals surface area contributed by atoms with Gasteiger partial charge in [0.2, 0.25) is 5.95 Å². The van der Waals surface area contributed by atoms with Gasteiger partial charge >= 0.3 is 0 Å². The minimum atomic E-state index is 0.153. The number of nitrogens with one attached hydrogen (secondary N) is 2. The van der Waals surface area contributed by atoms with Crippen LogP contribution in [0.2, 0.25) is 5.15 Å². The molecular weight excluding hydrogens is 214 g/mol. The van der Waals surface area contributed by atoms with E-state index in [2.05, 4.69) is 20.6 Å². The van der Waals surface area contributed by atoms with E-state index in [1.807, 2.05) is 19.9 Å². The highest BCUT2D eigenvalue weighted by molar-refractivity contribution is 6.31. The molecule has 0 fully saturated rings. The molecule has 1 aromatic rings. The Morgan fingerprint density at radius 1 is 1.40 bits per heavy atom. The third kappa shape index (κ3) is 2.70. The highest BCUT2D eigenvalue weighted by Gasteiger charge is 2.12. The zero-order valence-corrected chi connectivity index (χ0v) is 9.55. The lowest BCUT2D eigenvalue weighted by atomic mass is 10.3. The van der Waals surface area contributed by atoms with Crippen molar-refractivity contribution in [2.75, 3.05) is 17.7 Å². The number of aromatic nitrogens is 2. The Balaban J connectivity index is 3.21. The zero-order valence-electron chi connectivity index (χ0n) is 8.80. The summed E-state index contributed by atoms with van der Waals surface area (Å²) in [4.78, 5) is 8.03. The van der Waals surface area contributed by atoms with Crippen molar-refractivity contribution in [1.29, 1.82) is 5.26 Å². The molecule has 0 unspecified atom stereocenters. The van der Waals surface area contributed by atoms with Crippen LogP contribution >= 0.6 is 11.6 Å². The molecule has 0 radical (unpaired) electrons. The molecule has 0 saturated carbocycles. The predicted molar refractivity (Wildman–Crippen MR) is 60.1 cm³/mol. The Kier molecular flexibility index (Phi) is 3.69.